The van der Waals surface area contributed by atoms with Crippen LogP contribution in [0.2, 0.25) is 40.2 Å². The number of benzene rings is 4. The maximum Gasteiger partial charge on any atom is 0.350 e. The van der Waals surface area contributed by atoms with E-state index in [1.165, 1.54) is 24.3 Å². The van der Waals surface area contributed by atoms with Crippen LogP contribution in [0.4, 0.5) is 22.7 Å². The van der Waals surface area contributed by atoms with Crippen molar-refractivity contribution < 1.29 is 26.7 Å². The molecule has 238 valence electrons. The van der Waals surface area contributed by atoms with Gasteiger partial charge in [0, 0.05) is 56.7 Å². The number of hydrogen-bond donors (Lipinski definition) is 4. The molecule has 4 rings (SSSR count). The number of halogens is 8. The number of rotatable bonds is 6. The summed E-state index contributed by atoms with van der Waals surface area (Å²) in [6.07, 6.45) is 0. The summed E-state index contributed by atoms with van der Waals surface area (Å²) in [7, 11) is 0. The quantitative estimate of drug-likeness (QED) is 0.0506. The van der Waals surface area contributed by atoms with Crippen molar-refractivity contribution in [1.82, 2.24) is 0 Å². The van der Waals surface area contributed by atoms with E-state index >= 15 is 0 Å². The van der Waals surface area contributed by atoms with Crippen molar-refractivity contribution in [3.63, 3.8) is 0 Å². The van der Waals surface area contributed by atoms with Gasteiger partial charge >= 0.3 is 12.0 Å². The van der Waals surface area contributed by atoms with Gasteiger partial charge in [0.15, 0.2) is 0 Å². The summed E-state index contributed by atoms with van der Waals surface area (Å²) in [4.78, 5) is 0. The Morgan fingerprint density at radius 2 is 0.667 bits per heavy atom. The molecule has 0 aromatic heterocycles. The molecule has 4 aromatic rings. The number of azo groups is 2. The van der Waals surface area contributed by atoms with E-state index in [9.17, 15) is 10.2 Å². The Balaban J connectivity index is 0.000000307. The van der Waals surface area contributed by atoms with Crippen molar-refractivity contribution in [3.8, 4) is 0 Å². The van der Waals surface area contributed by atoms with Crippen molar-refractivity contribution in [2.24, 2.45) is 30.7 Å². The Morgan fingerprint density at radius 1 is 0.422 bits per heavy atom. The molecule has 0 bridgehead atoms. The van der Waals surface area contributed by atoms with Crippen molar-refractivity contribution in [1.29, 1.82) is 0 Å². The molecule has 0 saturated heterocycles. The maximum absolute atomic E-state index is 9.54. The fourth-order valence-electron chi connectivity index (χ4n) is 2.91. The number of hydrogen-bond acceptors (Lipinski definition) is 6. The van der Waals surface area contributed by atoms with Crippen LogP contribution >= 0.6 is 92.8 Å². The molecule has 0 aliphatic carbocycles. The molecule has 4 N–H and O–H groups in total. The van der Waals surface area contributed by atoms with E-state index in [4.69, 9.17) is 92.8 Å². The van der Waals surface area contributed by atoms with Crippen LogP contribution in [0.3, 0.4) is 0 Å². The van der Waals surface area contributed by atoms with E-state index in [2.05, 4.69) is 41.5 Å². The van der Waals surface area contributed by atoms with Crippen molar-refractivity contribution in [2.75, 3.05) is 10.9 Å². The van der Waals surface area contributed by atoms with E-state index in [0.717, 1.165) is 0 Å². The van der Waals surface area contributed by atoms with E-state index < -0.39 is 12.0 Å². The molecular weight excluding hydrogens is 799 g/mol. The molecule has 19 heteroatoms. The van der Waals surface area contributed by atoms with Gasteiger partial charge in [0.05, 0.1) is 22.7 Å². The first-order valence-corrected chi connectivity index (χ1v) is 14.6. The molecule has 45 heavy (non-hydrogen) atoms. The predicted molar refractivity (Wildman–Crippen MR) is 182 cm³/mol. The van der Waals surface area contributed by atoms with Gasteiger partial charge in [0.25, 0.3) is 0 Å². The fraction of sp³-hybridized carbons (Fsp3) is 0. The zero-order chi connectivity index (χ0) is 32.2. The third kappa shape index (κ3) is 15.0. The number of hydrazone groups is 2. The average molecular weight is 815 g/mol. The van der Waals surface area contributed by atoms with Crippen molar-refractivity contribution in [2.45, 2.75) is 0 Å². The van der Waals surface area contributed by atoms with Crippen LogP contribution in [-0.2, 0) is 16.5 Å². The molecule has 0 unspecified atom stereocenters. The van der Waals surface area contributed by atoms with E-state index in [0.29, 0.717) is 62.9 Å². The van der Waals surface area contributed by atoms with Gasteiger partial charge in [-0.3, -0.25) is 10.9 Å². The van der Waals surface area contributed by atoms with Gasteiger partial charge < -0.3 is 10.2 Å². The van der Waals surface area contributed by atoms with Crippen LogP contribution in [0.25, 0.3) is 0 Å². The summed E-state index contributed by atoms with van der Waals surface area (Å²) in [5.41, 5.74) is 6.84. The Labute approximate surface area is 306 Å². The number of aliphatic hydroxyl groups excluding tert-OH is 2. The van der Waals surface area contributed by atoms with E-state index in [-0.39, 0.29) is 16.5 Å². The van der Waals surface area contributed by atoms with Crippen molar-refractivity contribution in [3.05, 3.63) is 113 Å². The van der Waals surface area contributed by atoms with Crippen molar-refractivity contribution >= 4 is 128 Å². The van der Waals surface area contributed by atoms with Gasteiger partial charge in [-0.05, 0) is 72.8 Å². The second-order valence-corrected chi connectivity index (χ2v) is 11.5. The SMILES string of the molecule is O/C(N=Nc1cc(Cl)cc(Cl)c1)=N\Nc1cc(Cl)cc(Cl)c1.O/C(N=Nc1cc(Cl)cc(Cl)c1)=N\Nc1cc(Cl)cc(Cl)c1.[Ni]. The second-order valence-electron chi connectivity index (χ2n) is 8.02. The summed E-state index contributed by atoms with van der Waals surface area (Å²) in [6.45, 7) is 0. The Morgan fingerprint density at radius 3 is 0.933 bits per heavy atom. The van der Waals surface area contributed by atoms with E-state index in [1.807, 2.05) is 0 Å². The molecule has 0 amide bonds. The van der Waals surface area contributed by atoms with Crippen LogP contribution in [0, 0.1) is 0 Å². The number of amidine groups is 2. The Bertz CT molecular complexity index is 1550. The van der Waals surface area contributed by atoms with Gasteiger partial charge in [0.1, 0.15) is 0 Å². The molecule has 10 nitrogen and oxygen atoms in total. The normalized spacial score (nSPS) is 11.6. The molecular formula is C26H16Cl8N8NiO2. The topological polar surface area (TPSA) is 139 Å². The van der Waals surface area contributed by atoms with Gasteiger partial charge in [0.2, 0.25) is 0 Å². The average Bonchev–Trinajstić information content (AvgIpc) is 2.91. The molecule has 0 heterocycles. The van der Waals surface area contributed by atoms with E-state index in [1.54, 1.807) is 48.5 Å². The molecule has 0 saturated carbocycles. The first-order chi connectivity index (χ1) is 20.8. The van der Waals surface area contributed by atoms with Gasteiger partial charge in [-0.1, -0.05) is 103 Å². The van der Waals surface area contributed by atoms with Crippen LogP contribution in [-0.4, -0.2) is 22.3 Å². The first kappa shape index (κ1) is 38.6. The Hall–Kier alpha value is -2.57. The minimum Gasteiger partial charge on any atom is -0.477 e. The fourth-order valence-corrected chi connectivity index (χ4v) is 4.99. The minimum atomic E-state index is -0.591. The predicted octanol–water partition coefficient (Wildman–Crippen LogP) is 12.6. The van der Waals surface area contributed by atoms with Gasteiger partial charge in [-0.2, -0.15) is 0 Å². The zero-order valence-electron chi connectivity index (χ0n) is 21.8. The molecule has 0 radical (unpaired) electrons. The third-order valence-electron chi connectivity index (χ3n) is 4.50. The molecule has 0 atom stereocenters. The summed E-state index contributed by atoms with van der Waals surface area (Å²) < 4.78 is 0. The molecule has 0 aliphatic heterocycles. The minimum absolute atomic E-state index is 0. The smallest absolute Gasteiger partial charge is 0.350 e. The summed E-state index contributed by atoms with van der Waals surface area (Å²) in [5.74, 6) is 0. The monoisotopic (exact) mass is 810 g/mol. The molecule has 0 aliphatic rings. The van der Waals surface area contributed by atoms with Gasteiger partial charge in [-0.25, -0.2) is 0 Å². The van der Waals surface area contributed by atoms with Crippen LogP contribution in [0.1, 0.15) is 0 Å². The standard InChI is InChI=1S/2C13H8Cl4N4O.Ni/c2*14-7-1-8(15)4-11(3-7)18-20-13(22)21-19-12-5-9(16)2-10(17)6-12;/h2*1-6,18H,(H,20,22);. The Kier molecular flexibility index (Phi) is 16.5. The maximum atomic E-state index is 9.54. The summed E-state index contributed by atoms with van der Waals surface area (Å²) in [5, 5.41) is 44.2. The number of nitrogens with zero attached hydrogens (tertiary/aromatic N) is 6. The van der Waals surface area contributed by atoms with Crippen LogP contribution in [0.5, 0.6) is 0 Å². The second kappa shape index (κ2) is 19.2. The number of aliphatic hydroxyl groups is 2. The molecule has 4 aromatic carbocycles. The largest absolute Gasteiger partial charge is 0.477 e. The first-order valence-electron chi connectivity index (χ1n) is 11.6. The third-order valence-corrected chi connectivity index (χ3v) is 6.25. The zero-order valence-corrected chi connectivity index (χ0v) is 28.9. The number of nitrogens with one attached hydrogen (secondary N) is 2. The molecule has 0 fully saturated rings. The number of anilines is 2. The van der Waals surface area contributed by atoms with Gasteiger partial charge in [-0.15, -0.1) is 20.4 Å². The molecule has 0 spiro atoms. The van der Waals surface area contributed by atoms with Crippen LogP contribution < -0.4 is 10.9 Å². The summed E-state index contributed by atoms with van der Waals surface area (Å²) in [6, 6.07) is 17.5. The summed E-state index contributed by atoms with van der Waals surface area (Å²) >= 11 is 46.6. The van der Waals surface area contributed by atoms with Crippen LogP contribution in [0.15, 0.2) is 103 Å².